The number of methoxy groups -OCH3 is 1. The zero-order valence-electron chi connectivity index (χ0n) is 20.1. The molecule has 2 amide bonds. The second-order valence-electron chi connectivity index (χ2n) is 9.03. The number of pyridine rings is 1. The Morgan fingerprint density at radius 3 is 2.42 bits per heavy atom. The number of hydrogen-bond acceptors (Lipinski definition) is 5. The second kappa shape index (κ2) is 10.6. The molecule has 6 heteroatoms. The van der Waals surface area contributed by atoms with Crippen LogP contribution in [0, 0.1) is 5.92 Å². The first kappa shape index (κ1) is 23.5. The largest absolute Gasteiger partial charge is 0.493 e. The fourth-order valence-corrected chi connectivity index (χ4v) is 4.83. The lowest BCUT2D eigenvalue weighted by Gasteiger charge is -2.17. The summed E-state index contributed by atoms with van der Waals surface area (Å²) in [5, 5.41) is 2.50. The van der Waals surface area contributed by atoms with Crippen LogP contribution in [0.2, 0.25) is 0 Å². The minimum Gasteiger partial charge on any atom is -0.493 e. The van der Waals surface area contributed by atoms with Gasteiger partial charge >= 0.3 is 0 Å². The Kier molecular flexibility index (Phi) is 6.94. The third-order valence-corrected chi connectivity index (χ3v) is 6.62. The van der Waals surface area contributed by atoms with Gasteiger partial charge in [0, 0.05) is 18.0 Å². The van der Waals surface area contributed by atoms with E-state index >= 15 is 0 Å². The molecule has 182 valence electrons. The summed E-state index contributed by atoms with van der Waals surface area (Å²) in [6, 6.07) is 19.0. The SMILES string of the molecule is COc1cc(C=C2C(=O)NC(=O)C2C(=Cc2ccccc2)c2ccncc2)ccc1OC1CCCC1. The van der Waals surface area contributed by atoms with Gasteiger partial charge in [0.15, 0.2) is 11.5 Å². The van der Waals surface area contributed by atoms with Crippen LogP contribution in [0.1, 0.15) is 42.4 Å². The quantitative estimate of drug-likeness (QED) is 0.366. The van der Waals surface area contributed by atoms with E-state index in [2.05, 4.69) is 10.3 Å². The maximum atomic E-state index is 13.1. The molecule has 6 nitrogen and oxygen atoms in total. The van der Waals surface area contributed by atoms with Crippen LogP contribution >= 0.6 is 0 Å². The maximum absolute atomic E-state index is 13.1. The second-order valence-corrected chi connectivity index (χ2v) is 9.03. The van der Waals surface area contributed by atoms with Crippen LogP contribution in [-0.2, 0) is 9.59 Å². The van der Waals surface area contributed by atoms with Crippen molar-refractivity contribution in [3.63, 3.8) is 0 Å². The third kappa shape index (κ3) is 5.08. The van der Waals surface area contributed by atoms with Gasteiger partial charge in [0.25, 0.3) is 5.91 Å². The molecule has 1 aliphatic carbocycles. The fourth-order valence-electron chi connectivity index (χ4n) is 4.83. The van der Waals surface area contributed by atoms with Crippen LogP contribution in [0.3, 0.4) is 0 Å². The molecule has 5 rings (SSSR count). The minimum atomic E-state index is -0.763. The molecule has 2 aliphatic rings. The number of rotatable bonds is 7. The Bertz CT molecular complexity index is 1310. The molecule has 36 heavy (non-hydrogen) atoms. The van der Waals surface area contributed by atoms with E-state index in [-0.39, 0.29) is 12.0 Å². The molecule has 2 fully saturated rings. The number of hydrogen-bond donors (Lipinski definition) is 1. The zero-order valence-corrected chi connectivity index (χ0v) is 20.1. The van der Waals surface area contributed by atoms with Crippen LogP contribution in [0.25, 0.3) is 17.7 Å². The van der Waals surface area contributed by atoms with E-state index in [0.29, 0.717) is 17.1 Å². The number of amides is 2. The lowest BCUT2D eigenvalue weighted by molar-refractivity contribution is -0.125. The van der Waals surface area contributed by atoms with Crippen molar-refractivity contribution < 1.29 is 19.1 Å². The molecule has 1 unspecified atom stereocenters. The summed E-state index contributed by atoms with van der Waals surface area (Å²) in [4.78, 5) is 30.1. The Morgan fingerprint density at radius 1 is 0.944 bits per heavy atom. The first-order valence-electron chi connectivity index (χ1n) is 12.2. The van der Waals surface area contributed by atoms with Gasteiger partial charge in [-0.1, -0.05) is 42.5 Å². The van der Waals surface area contributed by atoms with Gasteiger partial charge in [-0.05, 0) is 78.3 Å². The van der Waals surface area contributed by atoms with Crippen LogP contribution in [0.15, 0.2) is 78.6 Å². The van der Waals surface area contributed by atoms with Gasteiger partial charge in [0.1, 0.15) is 0 Å². The number of nitrogens with zero attached hydrogens (tertiary/aromatic N) is 1. The molecular formula is C30H28N2O4. The van der Waals surface area contributed by atoms with Crippen LogP contribution < -0.4 is 14.8 Å². The summed E-state index contributed by atoms with van der Waals surface area (Å²) in [7, 11) is 1.60. The molecule has 0 spiro atoms. The number of benzene rings is 2. The van der Waals surface area contributed by atoms with E-state index in [1.807, 2.05) is 66.7 Å². The van der Waals surface area contributed by atoms with Gasteiger partial charge in [0.2, 0.25) is 5.91 Å². The van der Waals surface area contributed by atoms with E-state index in [0.717, 1.165) is 35.1 Å². The van der Waals surface area contributed by atoms with Crippen molar-refractivity contribution in [1.29, 1.82) is 0 Å². The van der Waals surface area contributed by atoms with Crippen LogP contribution in [-0.4, -0.2) is 30.0 Å². The van der Waals surface area contributed by atoms with Gasteiger partial charge in [-0.3, -0.25) is 19.9 Å². The summed E-state index contributed by atoms with van der Waals surface area (Å²) < 4.78 is 11.7. The normalized spacial score (nSPS) is 19.5. The van der Waals surface area contributed by atoms with Crippen LogP contribution in [0.4, 0.5) is 0 Å². The lowest BCUT2D eigenvalue weighted by Crippen LogP contribution is -2.22. The number of carbonyl (C=O) groups is 2. The summed E-state index contributed by atoms with van der Waals surface area (Å²) in [6.07, 6.45) is 11.7. The van der Waals surface area contributed by atoms with Crippen molar-refractivity contribution in [3.05, 3.63) is 95.3 Å². The monoisotopic (exact) mass is 480 g/mol. The highest BCUT2D eigenvalue weighted by Crippen LogP contribution is 2.37. The molecule has 1 atom stereocenters. The molecule has 3 aromatic rings. The Balaban J connectivity index is 1.54. The Labute approximate surface area is 210 Å². The van der Waals surface area contributed by atoms with E-state index in [1.54, 1.807) is 25.6 Å². The van der Waals surface area contributed by atoms with Gasteiger partial charge in [-0.15, -0.1) is 0 Å². The molecule has 0 bridgehead atoms. The summed E-state index contributed by atoms with van der Waals surface area (Å²) in [5.41, 5.74) is 3.62. The minimum absolute atomic E-state index is 0.205. The standard InChI is InChI=1S/C30H28N2O4/c1-35-27-19-21(11-12-26(27)36-23-9-5-6-10-23)18-25-28(30(34)32-29(25)33)24(22-13-15-31-16-14-22)17-20-7-3-2-4-8-20/h2-4,7-8,11-19,23,28H,5-6,9-10H2,1H3,(H,32,33,34). The molecule has 1 saturated carbocycles. The molecule has 1 aromatic heterocycles. The van der Waals surface area contributed by atoms with Gasteiger partial charge in [-0.2, -0.15) is 0 Å². The average molecular weight is 481 g/mol. The van der Waals surface area contributed by atoms with Crippen molar-refractivity contribution in [3.8, 4) is 11.5 Å². The zero-order chi connectivity index (χ0) is 24.9. The smallest absolute Gasteiger partial charge is 0.254 e. The van der Waals surface area contributed by atoms with E-state index in [1.165, 1.54) is 12.8 Å². The summed E-state index contributed by atoms with van der Waals surface area (Å²) >= 11 is 0. The topological polar surface area (TPSA) is 77.5 Å². The fraction of sp³-hybridized carbons (Fsp3) is 0.233. The summed E-state index contributed by atoms with van der Waals surface area (Å²) in [5.74, 6) is -0.217. The molecule has 1 N–H and O–H groups in total. The predicted octanol–water partition coefficient (Wildman–Crippen LogP) is 5.31. The molecule has 1 aliphatic heterocycles. The Hall–Kier alpha value is -4.19. The number of carbonyl (C=O) groups excluding carboxylic acids is 2. The molecule has 2 heterocycles. The molecule has 1 saturated heterocycles. The first-order chi connectivity index (χ1) is 17.6. The lowest BCUT2D eigenvalue weighted by atomic mass is 9.86. The number of aromatic nitrogens is 1. The highest BCUT2D eigenvalue weighted by molar-refractivity contribution is 6.22. The van der Waals surface area contributed by atoms with Crippen molar-refractivity contribution in [1.82, 2.24) is 10.3 Å². The number of imide groups is 1. The maximum Gasteiger partial charge on any atom is 0.254 e. The third-order valence-electron chi connectivity index (χ3n) is 6.62. The summed E-state index contributed by atoms with van der Waals surface area (Å²) in [6.45, 7) is 0. The van der Waals surface area contributed by atoms with Gasteiger partial charge in [0.05, 0.1) is 19.1 Å². The van der Waals surface area contributed by atoms with Crippen molar-refractivity contribution >= 4 is 29.5 Å². The Morgan fingerprint density at radius 2 is 1.69 bits per heavy atom. The highest BCUT2D eigenvalue weighted by atomic mass is 16.5. The number of ether oxygens (including phenoxy) is 2. The average Bonchev–Trinajstić information content (AvgIpc) is 3.52. The van der Waals surface area contributed by atoms with E-state index < -0.39 is 11.8 Å². The molecule has 2 aromatic carbocycles. The van der Waals surface area contributed by atoms with Crippen molar-refractivity contribution in [2.24, 2.45) is 5.92 Å². The van der Waals surface area contributed by atoms with Gasteiger partial charge in [-0.25, -0.2) is 0 Å². The van der Waals surface area contributed by atoms with Gasteiger partial charge < -0.3 is 9.47 Å². The highest BCUT2D eigenvalue weighted by Gasteiger charge is 2.39. The first-order valence-corrected chi connectivity index (χ1v) is 12.2. The molecule has 0 radical (unpaired) electrons. The molecular weight excluding hydrogens is 452 g/mol. The van der Waals surface area contributed by atoms with Crippen molar-refractivity contribution in [2.75, 3.05) is 7.11 Å². The van der Waals surface area contributed by atoms with E-state index in [9.17, 15) is 9.59 Å². The predicted molar refractivity (Wildman–Crippen MR) is 139 cm³/mol. The van der Waals surface area contributed by atoms with E-state index in [4.69, 9.17) is 9.47 Å². The van der Waals surface area contributed by atoms with Crippen LogP contribution in [0.5, 0.6) is 11.5 Å². The van der Waals surface area contributed by atoms with Crippen molar-refractivity contribution in [2.45, 2.75) is 31.8 Å². The number of nitrogens with one attached hydrogen (secondary N) is 1.